The quantitative estimate of drug-likeness (QED) is 0.621. The van der Waals surface area contributed by atoms with Gasteiger partial charge in [-0.25, -0.2) is 0 Å². The standard InChI is InChI=1S/C9H11NO2/c10-9(6-11,7-12)8-4-2-1-3-5-8/h1-6,12H,7,10H2/t9-/m1/s1. The molecule has 3 N–H and O–H groups in total. The molecule has 0 heterocycles. The lowest BCUT2D eigenvalue weighted by atomic mass is 9.94. The van der Waals surface area contributed by atoms with Crippen LogP contribution in [-0.4, -0.2) is 18.0 Å². The fourth-order valence-corrected chi connectivity index (χ4v) is 0.945. The highest BCUT2D eigenvalue weighted by atomic mass is 16.3. The molecule has 12 heavy (non-hydrogen) atoms. The largest absolute Gasteiger partial charge is 0.394 e. The predicted octanol–water partition coefficient (Wildman–Crippen LogP) is 0.0318. The Hall–Kier alpha value is -1.19. The van der Waals surface area contributed by atoms with Crippen molar-refractivity contribution in [1.29, 1.82) is 0 Å². The van der Waals surface area contributed by atoms with E-state index in [2.05, 4.69) is 0 Å². The summed E-state index contributed by atoms with van der Waals surface area (Å²) in [7, 11) is 0. The summed E-state index contributed by atoms with van der Waals surface area (Å²) in [6.07, 6.45) is 0.558. The molecule has 0 aliphatic heterocycles. The Labute approximate surface area is 70.8 Å². The smallest absolute Gasteiger partial charge is 0.146 e. The molecule has 0 radical (unpaired) electrons. The molecule has 0 saturated heterocycles. The van der Waals surface area contributed by atoms with Crippen LogP contribution in [0.2, 0.25) is 0 Å². The summed E-state index contributed by atoms with van der Waals surface area (Å²) in [5.74, 6) is 0. The summed E-state index contributed by atoms with van der Waals surface area (Å²) >= 11 is 0. The molecule has 3 heteroatoms. The lowest BCUT2D eigenvalue weighted by Gasteiger charge is -2.19. The number of aldehydes is 1. The van der Waals surface area contributed by atoms with Crippen LogP contribution in [0.5, 0.6) is 0 Å². The molecular formula is C9H11NO2. The van der Waals surface area contributed by atoms with Gasteiger partial charge in [0.25, 0.3) is 0 Å². The van der Waals surface area contributed by atoms with Crippen LogP contribution in [0.1, 0.15) is 5.56 Å². The van der Waals surface area contributed by atoms with Crippen LogP contribution in [-0.2, 0) is 10.3 Å². The highest BCUT2D eigenvalue weighted by Crippen LogP contribution is 2.13. The molecule has 0 aromatic heterocycles. The topological polar surface area (TPSA) is 63.3 Å². The molecule has 0 bridgehead atoms. The van der Waals surface area contributed by atoms with E-state index in [1.165, 1.54) is 0 Å². The normalized spacial score (nSPS) is 15.2. The van der Waals surface area contributed by atoms with Gasteiger partial charge in [-0.15, -0.1) is 0 Å². The lowest BCUT2D eigenvalue weighted by Crippen LogP contribution is -2.42. The Bertz CT molecular complexity index is 260. The number of hydrogen-bond acceptors (Lipinski definition) is 3. The Kier molecular flexibility index (Phi) is 2.58. The summed E-state index contributed by atoms with van der Waals surface area (Å²) in [5.41, 5.74) is 4.98. The van der Waals surface area contributed by atoms with Crippen molar-refractivity contribution in [2.75, 3.05) is 6.61 Å². The van der Waals surface area contributed by atoms with Gasteiger partial charge in [0, 0.05) is 0 Å². The highest BCUT2D eigenvalue weighted by Gasteiger charge is 2.24. The summed E-state index contributed by atoms with van der Waals surface area (Å²) in [5, 5.41) is 8.88. The van der Waals surface area contributed by atoms with Crippen molar-refractivity contribution < 1.29 is 9.90 Å². The van der Waals surface area contributed by atoms with Crippen LogP contribution in [0, 0.1) is 0 Å². The molecule has 1 atom stereocenters. The summed E-state index contributed by atoms with van der Waals surface area (Å²) < 4.78 is 0. The molecule has 1 aromatic rings. The summed E-state index contributed by atoms with van der Waals surface area (Å²) in [6, 6.07) is 8.80. The van der Waals surface area contributed by atoms with E-state index in [0.29, 0.717) is 11.8 Å². The van der Waals surface area contributed by atoms with Gasteiger partial charge in [-0.3, -0.25) is 0 Å². The van der Waals surface area contributed by atoms with Crippen molar-refractivity contribution in [2.24, 2.45) is 5.73 Å². The minimum absolute atomic E-state index is 0.374. The zero-order chi connectivity index (χ0) is 9.03. The molecular weight excluding hydrogens is 154 g/mol. The van der Waals surface area contributed by atoms with Crippen molar-refractivity contribution in [3.8, 4) is 0 Å². The Morgan fingerprint density at radius 3 is 2.42 bits per heavy atom. The van der Waals surface area contributed by atoms with Crippen LogP contribution in [0.25, 0.3) is 0 Å². The number of carbonyl (C=O) groups is 1. The van der Waals surface area contributed by atoms with E-state index in [0.717, 1.165) is 0 Å². The molecule has 1 rings (SSSR count). The molecule has 64 valence electrons. The molecule has 0 unspecified atom stereocenters. The number of aliphatic hydroxyl groups is 1. The highest BCUT2D eigenvalue weighted by molar-refractivity contribution is 5.67. The number of aliphatic hydroxyl groups excluding tert-OH is 1. The van der Waals surface area contributed by atoms with Gasteiger partial charge >= 0.3 is 0 Å². The lowest BCUT2D eigenvalue weighted by molar-refractivity contribution is -0.113. The summed E-state index contributed by atoms with van der Waals surface area (Å²) in [6.45, 7) is -0.374. The average molecular weight is 165 g/mol. The van der Waals surface area contributed by atoms with Crippen LogP contribution >= 0.6 is 0 Å². The zero-order valence-corrected chi connectivity index (χ0v) is 6.60. The molecule has 0 amide bonds. The van der Waals surface area contributed by atoms with Crippen molar-refractivity contribution in [1.82, 2.24) is 0 Å². The monoisotopic (exact) mass is 165 g/mol. The van der Waals surface area contributed by atoms with Gasteiger partial charge in [0.05, 0.1) is 6.61 Å². The van der Waals surface area contributed by atoms with Crippen molar-refractivity contribution in [3.05, 3.63) is 35.9 Å². The third kappa shape index (κ3) is 1.52. The maximum atomic E-state index is 10.6. The fraction of sp³-hybridized carbons (Fsp3) is 0.222. The second-order valence-corrected chi connectivity index (χ2v) is 2.68. The third-order valence-electron chi connectivity index (χ3n) is 1.78. The predicted molar refractivity (Wildman–Crippen MR) is 45.5 cm³/mol. The molecule has 0 fully saturated rings. The number of benzene rings is 1. The van der Waals surface area contributed by atoms with E-state index < -0.39 is 5.54 Å². The van der Waals surface area contributed by atoms with E-state index >= 15 is 0 Å². The van der Waals surface area contributed by atoms with Crippen LogP contribution < -0.4 is 5.73 Å². The maximum absolute atomic E-state index is 10.6. The minimum Gasteiger partial charge on any atom is -0.394 e. The van der Waals surface area contributed by atoms with Crippen LogP contribution in [0.4, 0.5) is 0 Å². The van der Waals surface area contributed by atoms with Crippen molar-refractivity contribution in [2.45, 2.75) is 5.54 Å². The fourth-order valence-electron chi connectivity index (χ4n) is 0.945. The Balaban J connectivity index is 3.03. The van der Waals surface area contributed by atoms with E-state index in [4.69, 9.17) is 10.8 Å². The first kappa shape index (κ1) is 8.90. The Morgan fingerprint density at radius 2 is 2.00 bits per heavy atom. The molecule has 0 aliphatic rings. The van der Waals surface area contributed by atoms with Crippen LogP contribution in [0.15, 0.2) is 30.3 Å². The van der Waals surface area contributed by atoms with E-state index in [1.54, 1.807) is 24.3 Å². The van der Waals surface area contributed by atoms with Crippen molar-refractivity contribution in [3.63, 3.8) is 0 Å². The first-order chi connectivity index (χ1) is 5.73. The molecule has 3 nitrogen and oxygen atoms in total. The number of carbonyl (C=O) groups excluding carboxylic acids is 1. The first-order valence-corrected chi connectivity index (χ1v) is 3.64. The second-order valence-electron chi connectivity index (χ2n) is 2.68. The molecule has 0 spiro atoms. The van der Waals surface area contributed by atoms with Gasteiger partial charge in [0.1, 0.15) is 11.8 Å². The molecule has 0 saturated carbocycles. The molecule has 1 aromatic carbocycles. The van der Waals surface area contributed by atoms with E-state index in [1.807, 2.05) is 6.07 Å². The number of hydrogen-bond donors (Lipinski definition) is 2. The summed E-state index contributed by atoms with van der Waals surface area (Å²) in [4.78, 5) is 10.6. The van der Waals surface area contributed by atoms with Gasteiger partial charge < -0.3 is 15.6 Å². The third-order valence-corrected chi connectivity index (χ3v) is 1.78. The zero-order valence-electron chi connectivity index (χ0n) is 6.60. The number of rotatable bonds is 3. The van der Waals surface area contributed by atoms with Gasteiger partial charge in [0.15, 0.2) is 0 Å². The minimum atomic E-state index is -1.25. The van der Waals surface area contributed by atoms with E-state index in [-0.39, 0.29) is 6.61 Å². The van der Waals surface area contributed by atoms with Gasteiger partial charge in [-0.05, 0) is 5.56 Å². The van der Waals surface area contributed by atoms with Gasteiger partial charge in [-0.1, -0.05) is 30.3 Å². The van der Waals surface area contributed by atoms with Crippen molar-refractivity contribution >= 4 is 6.29 Å². The molecule has 0 aliphatic carbocycles. The SMILES string of the molecule is N[C@](C=O)(CO)c1ccccc1. The number of nitrogens with two attached hydrogens (primary N) is 1. The first-order valence-electron chi connectivity index (χ1n) is 3.64. The van der Waals surface area contributed by atoms with Gasteiger partial charge in [0.2, 0.25) is 0 Å². The van der Waals surface area contributed by atoms with Gasteiger partial charge in [-0.2, -0.15) is 0 Å². The van der Waals surface area contributed by atoms with Crippen LogP contribution in [0.3, 0.4) is 0 Å². The maximum Gasteiger partial charge on any atom is 0.146 e. The average Bonchev–Trinajstić information content (AvgIpc) is 2.18. The second kappa shape index (κ2) is 3.47. The Morgan fingerprint density at radius 1 is 1.42 bits per heavy atom. The van der Waals surface area contributed by atoms with E-state index in [9.17, 15) is 4.79 Å².